The third-order valence-corrected chi connectivity index (χ3v) is 2.92. The molecule has 3 N–H and O–H groups in total. The average Bonchev–Trinajstić information content (AvgIpc) is 2.34. The molecule has 0 aromatic heterocycles. The maximum absolute atomic E-state index is 11.8. The third kappa shape index (κ3) is 7.65. The maximum Gasteiger partial charge on any atom is 0.326 e. The Morgan fingerprint density at radius 1 is 1.19 bits per heavy atom. The van der Waals surface area contributed by atoms with Crippen molar-refractivity contribution in [2.45, 2.75) is 52.7 Å². The maximum atomic E-state index is 11.8. The number of hydrogen-bond acceptors (Lipinski definition) is 5. The van der Waals surface area contributed by atoms with Gasteiger partial charge in [-0.3, -0.25) is 9.59 Å². The van der Waals surface area contributed by atoms with Crippen molar-refractivity contribution in [1.29, 1.82) is 0 Å². The summed E-state index contributed by atoms with van der Waals surface area (Å²) in [5.41, 5.74) is 0. The molecule has 0 fully saturated rings. The molecule has 0 heterocycles. The summed E-state index contributed by atoms with van der Waals surface area (Å²) in [6.07, 6.45) is -1.14. The molecule has 0 spiro atoms. The Balaban J connectivity index is 4.65. The number of esters is 1. The van der Waals surface area contributed by atoms with Crippen LogP contribution in [0.15, 0.2) is 0 Å². The predicted octanol–water partition coefficient (Wildman–Crippen LogP) is 0.552. The van der Waals surface area contributed by atoms with Crippen LogP contribution in [0, 0.1) is 11.8 Å². The van der Waals surface area contributed by atoms with Crippen LogP contribution in [-0.2, 0) is 19.1 Å². The lowest BCUT2D eigenvalue weighted by Crippen LogP contribution is -2.49. The summed E-state index contributed by atoms with van der Waals surface area (Å²) in [6.45, 7) is 7.08. The standard InChI is InChI=1S/C14H25NO6/c1-5-21-11(17)7-9(4)12(14(19)20)15-13(18)10(16)6-8(2)3/h8-10,12,16H,5-7H2,1-4H3,(H,15,18)(H,19,20)/t9-,10-,12+/m1/s1. The number of nitrogens with one attached hydrogen (secondary N) is 1. The van der Waals surface area contributed by atoms with Crippen LogP contribution in [0.5, 0.6) is 0 Å². The Hall–Kier alpha value is -1.63. The molecule has 21 heavy (non-hydrogen) atoms. The van der Waals surface area contributed by atoms with Gasteiger partial charge in [0.25, 0.3) is 0 Å². The topological polar surface area (TPSA) is 113 Å². The number of carboxylic acid groups (broad SMARTS) is 1. The molecule has 0 radical (unpaired) electrons. The number of rotatable bonds is 9. The van der Waals surface area contributed by atoms with E-state index in [2.05, 4.69) is 5.32 Å². The van der Waals surface area contributed by atoms with Crippen molar-refractivity contribution in [3.63, 3.8) is 0 Å². The Morgan fingerprint density at radius 2 is 1.76 bits per heavy atom. The van der Waals surface area contributed by atoms with Gasteiger partial charge >= 0.3 is 11.9 Å². The van der Waals surface area contributed by atoms with E-state index in [0.717, 1.165) is 0 Å². The second-order valence-electron chi connectivity index (χ2n) is 5.46. The third-order valence-electron chi connectivity index (χ3n) is 2.92. The molecule has 3 atom stereocenters. The van der Waals surface area contributed by atoms with E-state index in [1.807, 2.05) is 13.8 Å². The van der Waals surface area contributed by atoms with Crippen LogP contribution in [-0.4, -0.2) is 46.8 Å². The number of aliphatic hydroxyl groups excluding tert-OH is 1. The first-order valence-electron chi connectivity index (χ1n) is 7.05. The van der Waals surface area contributed by atoms with Crippen LogP contribution in [0.2, 0.25) is 0 Å². The number of amides is 1. The van der Waals surface area contributed by atoms with Gasteiger partial charge in [0, 0.05) is 0 Å². The van der Waals surface area contributed by atoms with E-state index < -0.39 is 35.9 Å². The first-order chi connectivity index (χ1) is 9.68. The molecule has 122 valence electrons. The molecular weight excluding hydrogens is 278 g/mol. The smallest absolute Gasteiger partial charge is 0.326 e. The van der Waals surface area contributed by atoms with Gasteiger partial charge in [-0.1, -0.05) is 20.8 Å². The number of hydrogen-bond donors (Lipinski definition) is 3. The highest BCUT2D eigenvalue weighted by Gasteiger charge is 2.30. The molecular formula is C14H25NO6. The fourth-order valence-electron chi connectivity index (χ4n) is 1.85. The van der Waals surface area contributed by atoms with Crippen LogP contribution in [0.4, 0.5) is 0 Å². The minimum absolute atomic E-state index is 0.103. The minimum Gasteiger partial charge on any atom is -0.480 e. The fourth-order valence-corrected chi connectivity index (χ4v) is 1.85. The van der Waals surface area contributed by atoms with Crippen molar-refractivity contribution in [2.75, 3.05) is 6.61 Å². The second kappa shape index (κ2) is 9.33. The number of aliphatic carboxylic acids is 1. The zero-order valence-electron chi connectivity index (χ0n) is 13.0. The molecule has 0 bridgehead atoms. The number of carbonyl (C=O) groups excluding carboxylic acids is 2. The summed E-state index contributed by atoms with van der Waals surface area (Å²) in [7, 11) is 0. The van der Waals surface area contributed by atoms with Gasteiger partial charge in [0.15, 0.2) is 0 Å². The van der Waals surface area contributed by atoms with E-state index in [-0.39, 0.29) is 25.4 Å². The lowest BCUT2D eigenvalue weighted by atomic mass is 9.97. The summed E-state index contributed by atoms with van der Waals surface area (Å²) in [4.78, 5) is 34.3. The van der Waals surface area contributed by atoms with Gasteiger partial charge in [-0.05, 0) is 25.2 Å². The molecule has 0 aromatic rings. The highest BCUT2D eigenvalue weighted by molar-refractivity contribution is 5.86. The zero-order chi connectivity index (χ0) is 16.6. The summed E-state index contributed by atoms with van der Waals surface area (Å²) in [5.74, 6) is -3.06. The van der Waals surface area contributed by atoms with E-state index >= 15 is 0 Å². The number of aliphatic hydroxyl groups is 1. The van der Waals surface area contributed by atoms with Gasteiger partial charge < -0.3 is 20.3 Å². The van der Waals surface area contributed by atoms with Crippen LogP contribution in [0.25, 0.3) is 0 Å². The fraction of sp³-hybridized carbons (Fsp3) is 0.786. The van der Waals surface area contributed by atoms with Crippen molar-refractivity contribution < 1.29 is 29.3 Å². The van der Waals surface area contributed by atoms with Crippen molar-refractivity contribution in [1.82, 2.24) is 5.32 Å². The Morgan fingerprint density at radius 3 is 2.19 bits per heavy atom. The molecule has 0 rings (SSSR count). The number of ether oxygens (including phenoxy) is 1. The molecule has 0 aliphatic carbocycles. The van der Waals surface area contributed by atoms with E-state index in [1.165, 1.54) is 6.92 Å². The molecule has 0 aromatic carbocycles. The molecule has 0 aliphatic heterocycles. The SMILES string of the molecule is CCOC(=O)C[C@@H](C)[C@H](NC(=O)[C@H](O)CC(C)C)C(=O)O. The minimum atomic E-state index is -1.26. The zero-order valence-corrected chi connectivity index (χ0v) is 13.0. The molecule has 7 nitrogen and oxygen atoms in total. The normalized spacial score (nSPS) is 15.1. The van der Waals surface area contributed by atoms with Crippen molar-refractivity contribution in [3.05, 3.63) is 0 Å². The second-order valence-corrected chi connectivity index (χ2v) is 5.46. The van der Waals surface area contributed by atoms with Gasteiger partial charge in [-0.25, -0.2) is 4.79 Å². The number of carbonyl (C=O) groups is 3. The Labute approximate surface area is 124 Å². The summed E-state index contributed by atoms with van der Waals surface area (Å²) in [6, 6.07) is -1.25. The highest BCUT2D eigenvalue weighted by Crippen LogP contribution is 2.12. The quantitative estimate of drug-likeness (QED) is 0.536. The average molecular weight is 303 g/mol. The summed E-state index contributed by atoms with van der Waals surface area (Å²) in [5, 5.41) is 21.1. The van der Waals surface area contributed by atoms with Crippen molar-refractivity contribution >= 4 is 17.8 Å². The monoisotopic (exact) mass is 303 g/mol. The number of carboxylic acids is 1. The first-order valence-corrected chi connectivity index (χ1v) is 7.05. The van der Waals surface area contributed by atoms with E-state index in [4.69, 9.17) is 9.84 Å². The Kier molecular flexibility index (Phi) is 8.61. The van der Waals surface area contributed by atoms with Gasteiger partial charge in [-0.15, -0.1) is 0 Å². The lowest BCUT2D eigenvalue weighted by molar-refractivity contribution is -0.148. The molecule has 0 saturated heterocycles. The van der Waals surface area contributed by atoms with Crippen LogP contribution >= 0.6 is 0 Å². The van der Waals surface area contributed by atoms with Gasteiger partial charge in [0.1, 0.15) is 12.1 Å². The largest absolute Gasteiger partial charge is 0.480 e. The van der Waals surface area contributed by atoms with Gasteiger partial charge in [0.2, 0.25) is 5.91 Å². The van der Waals surface area contributed by atoms with E-state index in [0.29, 0.717) is 0 Å². The summed E-state index contributed by atoms with van der Waals surface area (Å²) >= 11 is 0. The Bertz CT molecular complexity index is 368. The molecule has 1 amide bonds. The van der Waals surface area contributed by atoms with Crippen molar-refractivity contribution in [3.8, 4) is 0 Å². The highest BCUT2D eigenvalue weighted by atomic mass is 16.5. The van der Waals surface area contributed by atoms with Gasteiger partial charge in [0.05, 0.1) is 13.0 Å². The van der Waals surface area contributed by atoms with E-state index in [9.17, 15) is 19.5 Å². The molecule has 0 aliphatic rings. The van der Waals surface area contributed by atoms with E-state index in [1.54, 1.807) is 6.92 Å². The van der Waals surface area contributed by atoms with Crippen LogP contribution in [0.1, 0.15) is 40.5 Å². The first kappa shape index (κ1) is 19.4. The van der Waals surface area contributed by atoms with Crippen LogP contribution < -0.4 is 5.32 Å². The summed E-state index contributed by atoms with van der Waals surface area (Å²) < 4.78 is 4.75. The van der Waals surface area contributed by atoms with Gasteiger partial charge in [-0.2, -0.15) is 0 Å². The molecule has 7 heteroatoms. The predicted molar refractivity (Wildman–Crippen MR) is 75.4 cm³/mol. The molecule has 0 saturated carbocycles. The lowest BCUT2D eigenvalue weighted by Gasteiger charge is -2.22. The van der Waals surface area contributed by atoms with Crippen molar-refractivity contribution in [2.24, 2.45) is 11.8 Å². The van der Waals surface area contributed by atoms with Crippen LogP contribution in [0.3, 0.4) is 0 Å². The molecule has 0 unspecified atom stereocenters.